The summed E-state index contributed by atoms with van der Waals surface area (Å²) in [5.41, 5.74) is 7.04. The zero-order valence-corrected chi connectivity index (χ0v) is 8.63. The Hall–Kier alpha value is -1.77. The molecule has 15 heavy (non-hydrogen) atoms. The highest BCUT2D eigenvalue weighted by atomic mass is 15.1. The first-order valence-electron chi connectivity index (χ1n) is 5.17. The molecule has 0 aliphatic rings. The van der Waals surface area contributed by atoms with Crippen LogP contribution in [0.3, 0.4) is 0 Å². The minimum atomic E-state index is 0.600. The van der Waals surface area contributed by atoms with Crippen LogP contribution in [0.5, 0.6) is 0 Å². The third kappa shape index (κ3) is 2.59. The minimum Gasteiger partial charge on any atom is -0.369 e. The van der Waals surface area contributed by atoms with Crippen molar-refractivity contribution in [1.82, 2.24) is 9.55 Å². The van der Waals surface area contributed by atoms with Gasteiger partial charge in [-0.25, -0.2) is 4.98 Å². The van der Waals surface area contributed by atoms with Gasteiger partial charge < -0.3 is 10.3 Å². The van der Waals surface area contributed by atoms with E-state index in [1.807, 2.05) is 16.8 Å². The first kappa shape index (κ1) is 9.77. The maximum Gasteiger partial charge on any atom is 0.200 e. The molecule has 3 nitrogen and oxygen atoms in total. The summed E-state index contributed by atoms with van der Waals surface area (Å²) in [7, 11) is 0. The zero-order chi connectivity index (χ0) is 10.5. The van der Waals surface area contributed by atoms with Gasteiger partial charge in [0, 0.05) is 18.9 Å². The first-order chi connectivity index (χ1) is 7.36. The summed E-state index contributed by atoms with van der Waals surface area (Å²) in [6.45, 7) is 0.931. The van der Waals surface area contributed by atoms with Crippen LogP contribution >= 0.6 is 0 Å². The summed E-state index contributed by atoms with van der Waals surface area (Å²) in [5.74, 6) is 0.600. The van der Waals surface area contributed by atoms with Gasteiger partial charge >= 0.3 is 0 Å². The Bertz CT molecular complexity index is 406. The molecule has 1 aromatic heterocycles. The van der Waals surface area contributed by atoms with Crippen molar-refractivity contribution in [3.8, 4) is 0 Å². The van der Waals surface area contributed by atoms with Gasteiger partial charge in [0.25, 0.3) is 0 Å². The smallest absolute Gasteiger partial charge is 0.200 e. The fourth-order valence-electron chi connectivity index (χ4n) is 1.63. The second kappa shape index (κ2) is 4.64. The summed E-state index contributed by atoms with van der Waals surface area (Å²) < 4.78 is 1.98. The Balaban J connectivity index is 1.83. The first-order valence-corrected chi connectivity index (χ1v) is 5.17. The monoisotopic (exact) mass is 201 g/mol. The lowest BCUT2D eigenvalue weighted by Crippen LogP contribution is -2.03. The molecule has 0 fully saturated rings. The van der Waals surface area contributed by atoms with E-state index < -0.39 is 0 Å². The summed E-state index contributed by atoms with van der Waals surface area (Å²) in [6.07, 6.45) is 5.82. The van der Waals surface area contributed by atoms with E-state index in [1.54, 1.807) is 6.20 Å². The van der Waals surface area contributed by atoms with Crippen molar-refractivity contribution >= 4 is 5.95 Å². The lowest BCUT2D eigenvalue weighted by Gasteiger charge is -2.04. The number of benzene rings is 1. The van der Waals surface area contributed by atoms with Gasteiger partial charge in [-0.1, -0.05) is 30.3 Å². The Kier molecular flexibility index (Phi) is 3.02. The fourth-order valence-corrected chi connectivity index (χ4v) is 1.63. The predicted molar refractivity (Wildman–Crippen MR) is 61.4 cm³/mol. The molecule has 1 heterocycles. The fraction of sp³-hybridized carbons (Fsp3) is 0.250. The van der Waals surface area contributed by atoms with Crippen LogP contribution in [0, 0.1) is 0 Å². The standard InChI is InChI=1S/C12H15N3/c13-12-14-8-10-15(12)9-4-7-11-5-2-1-3-6-11/h1-3,5-6,8,10H,4,7,9H2,(H2,13,14). The molecule has 0 saturated carbocycles. The van der Waals surface area contributed by atoms with Crippen LogP contribution in [0.1, 0.15) is 12.0 Å². The van der Waals surface area contributed by atoms with Crippen molar-refractivity contribution in [3.63, 3.8) is 0 Å². The van der Waals surface area contributed by atoms with Crippen LogP contribution in [-0.4, -0.2) is 9.55 Å². The molecule has 0 saturated heterocycles. The van der Waals surface area contributed by atoms with Crippen molar-refractivity contribution in [2.75, 3.05) is 5.73 Å². The van der Waals surface area contributed by atoms with E-state index in [-0.39, 0.29) is 0 Å². The molecule has 0 aliphatic carbocycles. The maximum absolute atomic E-state index is 5.67. The van der Waals surface area contributed by atoms with Gasteiger partial charge in [-0.3, -0.25) is 0 Å². The number of nitrogens with zero attached hydrogens (tertiary/aromatic N) is 2. The van der Waals surface area contributed by atoms with Crippen LogP contribution in [0.15, 0.2) is 42.7 Å². The molecule has 0 radical (unpaired) electrons. The molecular weight excluding hydrogens is 186 g/mol. The Morgan fingerprint density at radius 2 is 2.00 bits per heavy atom. The van der Waals surface area contributed by atoms with E-state index in [9.17, 15) is 0 Å². The predicted octanol–water partition coefficient (Wildman–Crippen LogP) is 2.10. The summed E-state index contributed by atoms with van der Waals surface area (Å²) in [5, 5.41) is 0. The van der Waals surface area contributed by atoms with E-state index >= 15 is 0 Å². The summed E-state index contributed by atoms with van der Waals surface area (Å²) >= 11 is 0. The van der Waals surface area contributed by atoms with Gasteiger partial charge in [0.1, 0.15) is 0 Å². The number of anilines is 1. The average Bonchev–Trinajstić information content (AvgIpc) is 2.66. The molecule has 0 bridgehead atoms. The second-order valence-electron chi connectivity index (χ2n) is 3.57. The van der Waals surface area contributed by atoms with E-state index in [2.05, 4.69) is 29.2 Å². The number of rotatable bonds is 4. The highest BCUT2D eigenvalue weighted by Crippen LogP contribution is 2.05. The summed E-state index contributed by atoms with van der Waals surface area (Å²) in [6, 6.07) is 10.5. The van der Waals surface area contributed by atoms with Gasteiger partial charge in [-0.05, 0) is 18.4 Å². The van der Waals surface area contributed by atoms with Crippen LogP contribution in [0.25, 0.3) is 0 Å². The third-order valence-electron chi connectivity index (χ3n) is 2.45. The molecule has 0 atom stereocenters. The normalized spacial score (nSPS) is 10.4. The lowest BCUT2D eigenvalue weighted by atomic mass is 10.1. The molecule has 0 aliphatic heterocycles. The molecule has 0 unspecified atom stereocenters. The van der Waals surface area contributed by atoms with Crippen molar-refractivity contribution in [3.05, 3.63) is 48.3 Å². The van der Waals surface area contributed by atoms with Gasteiger partial charge in [0.15, 0.2) is 5.95 Å². The maximum atomic E-state index is 5.67. The largest absolute Gasteiger partial charge is 0.369 e. The van der Waals surface area contributed by atoms with Crippen LogP contribution in [0.4, 0.5) is 5.95 Å². The summed E-state index contributed by atoms with van der Waals surface area (Å²) in [4.78, 5) is 3.98. The van der Waals surface area contributed by atoms with Crippen molar-refractivity contribution in [2.24, 2.45) is 0 Å². The molecule has 0 amide bonds. The average molecular weight is 201 g/mol. The van der Waals surface area contributed by atoms with Crippen LogP contribution in [-0.2, 0) is 13.0 Å². The minimum absolute atomic E-state index is 0.600. The Morgan fingerprint density at radius 3 is 2.67 bits per heavy atom. The number of imidazole rings is 1. The molecule has 0 spiro atoms. The van der Waals surface area contributed by atoms with Crippen molar-refractivity contribution < 1.29 is 0 Å². The highest BCUT2D eigenvalue weighted by molar-refractivity contribution is 5.17. The SMILES string of the molecule is Nc1nccn1CCCc1ccccc1. The van der Waals surface area contributed by atoms with E-state index in [0.29, 0.717) is 5.95 Å². The molecule has 2 rings (SSSR count). The molecule has 3 heteroatoms. The molecule has 2 N–H and O–H groups in total. The van der Waals surface area contributed by atoms with E-state index in [0.717, 1.165) is 19.4 Å². The molecule has 1 aromatic carbocycles. The third-order valence-corrected chi connectivity index (χ3v) is 2.45. The topological polar surface area (TPSA) is 43.8 Å². The van der Waals surface area contributed by atoms with Crippen LogP contribution < -0.4 is 5.73 Å². The Morgan fingerprint density at radius 1 is 1.20 bits per heavy atom. The van der Waals surface area contributed by atoms with E-state index in [4.69, 9.17) is 5.73 Å². The number of nitrogens with two attached hydrogens (primary N) is 1. The molecule has 78 valence electrons. The van der Waals surface area contributed by atoms with Crippen molar-refractivity contribution in [2.45, 2.75) is 19.4 Å². The number of nitrogen functional groups attached to an aromatic ring is 1. The van der Waals surface area contributed by atoms with E-state index in [1.165, 1.54) is 5.56 Å². The van der Waals surface area contributed by atoms with Gasteiger partial charge in [0.2, 0.25) is 0 Å². The van der Waals surface area contributed by atoms with Gasteiger partial charge in [-0.2, -0.15) is 0 Å². The van der Waals surface area contributed by atoms with Gasteiger partial charge in [0.05, 0.1) is 0 Å². The number of hydrogen-bond acceptors (Lipinski definition) is 2. The molecular formula is C12H15N3. The quantitative estimate of drug-likeness (QED) is 0.823. The number of aryl methyl sites for hydroxylation is 2. The highest BCUT2D eigenvalue weighted by Gasteiger charge is 1.97. The lowest BCUT2D eigenvalue weighted by molar-refractivity contribution is 0.650. The number of hydrogen-bond donors (Lipinski definition) is 1. The zero-order valence-electron chi connectivity index (χ0n) is 8.63. The van der Waals surface area contributed by atoms with Gasteiger partial charge in [-0.15, -0.1) is 0 Å². The van der Waals surface area contributed by atoms with Crippen LogP contribution in [0.2, 0.25) is 0 Å². The van der Waals surface area contributed by atoms with Crippen molar-refractivity contribution in [1.29, 1.82) is 0 Å². The number of aromatic nitrogens is 2. The second-order valence-corrected chi connectivity index (χ2v) is 3.57. The Labute approximate surface area is 89.6 Å². The molecule has 2 aromatic rings.